The zero-order chi connectivity index (χ0) is 18.8. The van der Waals surface area contributed by atoms with Crippen LogP contribution in [0.2, 0.25) is 0 Å². The van der Waals surface area contributed by atoms with Gasteiger partial charge in [0.2, 0.25) is 6.79 Å². The Hall–Kier alpha value is -3.54. The minimum Gasteiger partial charge on any atom is -0.454 e. The van der Waals surface area contributed by atoms with Gasteiger partial charge >= 0.3 is 0 Å². The molecule has 0 aliphatic carbocycles. The van der Waals surface area contributed by atoms with E-state index in [0.717, 1.165) is 11.4 Å². The molecule has 0 fully saturated rings. The summed E-state index contributed by atoms with van der Waals surface area (Å²) in [7, 11) is 0. The molecular formula is C21H19N3O3. The fourth-order valence-electron chi connectivity index (χ4n) is 2.80. The number of hydrogen-bond acceptors (Lipinski definition) is 5. The number of nitrogens with zero attached hydrogens (tertiary/aromatic N) is 1. The number of ether oxygens (including phenoxy) is 2. The predicted molar refractivity (Wildman–Crippen MR) is 104 cm³/mol. The third kappa shape index (κ3) is 3.69. The topological polar surface area (TPSA) is 72.5 Å². The molecule has 2 N–H and O–H groups in total. The highest BCUT2D eigenvalue weighted by Crippen LogP contribution is 2.34. The van der Waals surface area contributed by atoms with Gasteiger partial charge in [-0.25, -0.2) is 0 Å². The number of aryl methyl sites for hydroxylation is 2. The van der Waals surface area contributed by atoms with E-state index in [9.17, 15) is 4.79 Å². The summed E-state index contributed by atoms with van der Waals surface area (Å²) in [5, 5.41) is 6.14. The number of fused-ring (bicyclic) bond motifs is 1. The molecular weight excluding hydrogens is 342 g/mol. The summed E-state index contributed by atoms with van der Waals surface area (Å²) < 4.78 is 10.6. The highest BCUT2D eigenvalue weighted by molar-refractivity contribution is 6.04. The van der Waals surface area contributed by atoms with Gasteiger partial charge in [-0.05, 0) is 55.3 Å². The van der Waals surface area contributed by atoms with Crippen LogP contribution in [0.3, 0.4) is 0 Å². The van der Waals surface area contributed by atoms with Crippen molar-refractivity contribution in [1.82, 2.24) is 4.98 Å². The fourth-order valence-corrected chi connectivity index (χ4v) is 2.80. The number of benzene rings is 2. The summed E-state index contributed by atoms with van der Waals surface area (Å²) in [6.45, 7) is 4.33. The maximum atomic E-state index is 12.6. The van der Waals surface area contributed by atoms with E-state index in [1.165, 1.54) is 17.3 Å². The first-order valence-corrected chi connectivity index (χ1v) is 8.59. The summed E-state index contributed by atoms with van der Waals surface area (Å²) in [5.41, 5.74) is 5.23. The Kier molecular flexibility index (Phi) is 4.38. The van der Waals surface area contributed by atoms with Crippen molar-refractivity contribution in [3.8, 4) is 11.5 Å². The molecule has 4 rings (SSSR count). The van der Waals surface area contributed by atoms with Gasteiger partial charge in [-0.1, -0.05) is 6.07 Å². The lowest BCUT2D eigenvalue weighted by Gasteiger charge is -2.10. The van der Waals surface area contributed by atoms with Gasteiger partial charge in [0.1, 0.15) is 0 Å². The van der Waals surface area contributed by atoms with Gasteiger partial charge in [-0.2, -0.15) is 0 Å². The lowest BCUT2D eigenvalue weighted by Crippen LogP contribution is -2.12. The van der Waals surface area contributed by atoms with Crippen molar-refractivity contribution in [2.24, 2.45) is 0 Å². The molecule has 2 heterocycles. The standard InChI is InChI=1S/C21H19N3O3/c1-13-3-4-16(7-14(13)2)23-18-8-15(10-22-11-18)21(25)24-17-5-6-19-20(9-17)27-12-26-19/h3-11,23H,12H2,1-2H3,(H,24,25). The smallest absolute Gasteiger partial charge is 0.257 e. The van der Waals surface area contributed by atoms with Crippen LogP contribution in [0.4, 0.5) is 17.1 Å². The fraction of sp³-hybridized carbons (Fsp3) is 0.143. The summed E-state index contributed by atoms with van der Waals surface area (Å²) in [6, 6.07) is 13.2. The van der Waals surface area contributed by atoms with Crippen LogP contribution in [0.15, 0.2) is 54.9 Å². The first kappa shape index (κ1) is 16.9. The van der Waals surface area contributed by atoms with E-state index < -0.39 is 0 Å². The van der Waals surface area contributed by atoms with Crippen molar-refractivity contribution in [1.29, 1.82) is 0 Å². The Balaban J connectivity index is 1.49. The number of anilines is 3. The Morgan fingerprint density at radius 1 is 0.889 bits per heavy atom. The minimum atomic E-state index is -0.245. The van der Waals surface area contributed by atoms with Crippen molar-refractivity contribution in [3.05, 3.63) is 71.5 Å². The molecule has 0 unspecified atom stereocenters. The maximum Gasteiger partial charge on any atom is 0.257 e. The Bertz CT molecular complexity index is 1020. The molecule has 136 valence electrons. The van der Waals surface area contributed by atoms with E-state index in [0.29, 0.717) is 22.7 Å². The number of carbonyl (C=O) groups excluding carboxylic acids is 1. The Morgan fingerprint density at radius 2 is 1.70 bits per heavy atom. The molecule has 0 atom stereocenters. The molecule has 0 radical (unpaired) electrons. The van der Waals surface area contributed by atoms with Gasteiger partial charge in [0.15, 0.2) is 11.5 Å². The largest absolute Gasteiger partial charge is 0.454 e. The average molecular weight is 361 g/mol. The summed E-state index contributed by atoms with van der Waals surface area (Å²) in [4.78, 5) is 16.7. The Labute approximate surface area is 157 Å². The Morgan fingerprint density at radius 3 is 2.56 bits per heavy atom. The lowest BCUT2D eigenvalue weighted by molar-refractivity contribution is 0.102. The van der Waals surface area contributed by atoms with Crippen LogP contribution in [0.1, 0.15) is 21.5 Å². The number of hydrogen-bond donors (Lipinski definition) is 2. The molecule has 0 saturated carbocycles. The van der Waals surface area contributed by atoms with Crippen molar-refractivity contribution in [2.75, 3.05) is 17.4 Å². The molecule has 1 aliphatic rings. The molecule has 3 aromatic rings. The highest BCUT2D eigenvalue weighted by atomic mass is 16.7. The van der Waals surface area contributed by atoms with E-state index in [1.54, 1.807) is 30.5 Å². The zero-order valence-electron chi connectivity index (χ0n) is 15.1. The second kappa shape index (κ2) is 6.99. The van der Waals surface area contributed by atoms with E-state index in [1.807, 2.05) is 6.07 Å². The average Bonchev–Trinajstić information content (AvgIpc) is 3.13. The summed E-state index contributed by atoms with van der Waals surface area (Å²) >= 11 is 0. The molecule has 0 spiro atoms. The van der Waals surface area contributed by atoms with E-state index in [-0.39, 0.29) is 12.7 Å². The van der Waals surface area contributed by atoms with Crippen LogP contribution in [0, 0.1) is 13.8 Å². The third-order valence-electron chi connectivity index (χ3n) is 4.43. The van der Waals surface area contributed by atoms with Gasteiger partial charge in [0, 0.05) is 23.6 Å². The van der Waals surface area contributed by atoms with Crippen LogP contribution < -0.4 is 20.1 Å². The number of carbonyl (C=O) groups is 1. The molecule has 2 aromatic carbocycles. The lowest BCUT2D eigenvalue weighted by atomic mass is 10.1. The van der Waals surface area contributed by atoms with Gasteiger partial charge < -0.3 is 20.1 Å². The van der Waals surface area contributed by atoms with Crippen molar-refractivity contribution >= 4 is 23.0 Å². The van der Waals surface area contributed by atoms with Crippen LogP contribution in [-0.4, -0.2) is 17.7 Å². The van der Waals surface area contributed by atoms with Crippen LogP contribution >= 0.6 is 0 Å². The first-order chi connectivity index (χ1) is 13.1. The van der Waals surface area contributed by atoms with Crippen LogP contribution in [0.25, 0.3) is 0 Å². The van der Waals surface area contributed by atoms with Crippen molar-refractivity contribution < 1.29 is 14.3 Å². The minimum absolute atomic E-state index is 0.197. The first-order valence-electron chi connectivity index (χ1n) is 8.59. The zero-order valence-corrected chi connectivity index (χ0v) is 15.1. The van der Waals surface area contributed by atoms with Crippen molar-refractivity contribution in [3.63, 3.8) is 0 Å². The molecule has 27 heavy (non-hydrogen) atoms. The number of pyridine rings is 1. The predicted octanol–water partition coefficient (Wildman–Crippen LogP) is 4.42. The van der Waals surface area contributed by atoms with E-state index in [2.05, 4.69) is 41.6 Å². The normalized spacial score (nSPS) is 11.9. The molecule has 0 saturated heterocycles. The van der Waals surface area contributed by atoms with Crippen LogP contribution in [0.5, 0.6) is 11.5 Å². The number of rotatable bonds is 4. The second-order valence-electron chi connectivity index (χ2n) is 6.41. The van der Waals surface area contributed by atoms with Gasteiger partial charge in [-0.3, -0.25) is 9.78 Å². The number of aromatic nitrogens is 1. The highest BCUT2D eigenvalue weighted by Gasteiger charge is 2.15. The number of amides is 1. The molecule has 6 nitrogen and oxygen atoms in total. The molecule has 1 amide bonds. The van der Waals surface area contributed by atoms with Gasteiger partial charge in [0.25, 0.3) is 5.91 Å². The monoisotopic (exact) mass is 361 g/mol. The second-order valence-corrected chi connectivity index (χ2v) is 6.41. The number of nitrogens with one attached hydrogen (secondary N) is 2. The summed E-state index contributed by atoms with van der Waals surface area (Å²) in [5.74, 6) is 1.05. The summed E-state index contributed by atoms with van der Waals surface area (Å²) in [6.07, 6.45) is 3.22. The quantitative estimate of drug-likeness (QED) is 0.719. The molecule has 0 bridgehead atoms. The molecule has 1 aliphatic heterocycles. The van der Waals surface area contributed by atoms with Crippen LogP contribution in [-0.2, 0) is 0 Å². The third-order valence-corrected chi connectivity index (χ3v) is 4.43. The maximum absolute atomic E-state index is 12.6. The van der Waals surface area contributed by atoms with Gasteiger partial charge in [-0.15, -0.1) is 0 Å². The van der Waals surface area contributed by atoms with Crippen molar-refractivity contribution in [2.45, 2.75) is 13.8 Å². The van der Waals surface area contributed by atoms with E-state index >= 15 is 0 Å². The van der Waals surface area contributed by atoms with Gasteiger partial charge in [0.05, 0.1) is 17.4 Å². The van der Waals surface area contributed by atoms with E-state index in [4.69, 9.17) is 9.47 Å². The molecule has 1 aromatic heterocycles. The molecule has 6 heteroatoms. The SMILES string of the molecule is Cc1ccc(Nc2cncc(C(=O)Nc3ccc4c(c3)OCO4)c2)cc1C.